The highest BCUT2D eigenvalue weighted by molar-refractivity contribution is 5.83. The van der Waals surface area contributed by atoms with E-state index in [1.54, 1.807) is 0 Å². The number of primary amides is 1. The van der Waals surface area contributed by atoms with Crippen molar-refractivity contribution in [2.24, 2.45) is 23.3 Å². The van der Waals surface area contributed by atoms with E-state index >= 15 is 0 Å². The van der Waals surface area contributed by atoms with Gasteiger partial charge in [-0.25, -0.2) is 0 Å². The van der Waals surface area contributed by atoms with E-state index in [-0.39, 0.29) is 30.3 Å². The number of amides is 2. The summed E-state index contributed by atoms with van der Waals surface area (Å²) < 4.78 is 5.63. The smallest absolute Gasteiger partial charge is 0.229 e. The van der Waals surface area contributed by atoms with Crippen LogP contribution in [0.3, 0.4) is 0 Å². The predicted molar refractivity (Wildman–Crippen MR) is 97.5 cm³/mol. The molecule has 3 saturated heterocycles. The number of nitrogens with zero attached hydrogens (tertiary/aromatic N) is 2. The Balaban J connectivity index is 1.75. The summed E-state index contributed by atoms with van der Waals surface area (Å²) in [7, 11) is 0. The fourth-order valence-electron chi connectivity index (χ4n) is 4.55. The number of carbonyl (C=O) groups is 2. The van der Waals surface area contributed by atoms with Gasteiger partial charge in [0, 0.05) is 19.7 Å². The molecule has 148 valence electrons. The van der Waals surface area contributed by atoms with Crippen molar-refractivity contribution in [3.8, 4) is 0 Å². The van der Waals surface area contributed by atoms with Gasteiger partial charge in [0.1, 0.15) is 0 Å². The Morgan fingerprint density at radius 3 is 2.85 bits per heavy atom. The standard InChI is InChI=1S/C18H33N5O3/c1-11(2)26-9-5-8-23-15(19)12(16(20)24)10-13-17(23)21-14-6-3-4-7-22(14)18(13)25/h11-15,17,21H,3-10,19H2,1-2H3,(H2,20,24). The second-order valence-corrected chi connectivity index (χ2v) is 8.01. The first-order valence-electron chi connectivity index (χ1n) is 9.89. The summed E-state index contributed by atoms with van der Waals surface area (Å²) in [6.45, 7) is 6.10. The fraction of sp³-hybridized carbons (Fsp3) is 0.889. The van der Waals surface area contributed by atoms with Crippen molar-refractivity contribution in [1.82, 2.24) is 15.1 Å². The van der Waals surface area contributed by atoms with E-state index in [9.17, 15) is 9.59 Å². The van der Waals surface area contributed by atoms with Crippen LogP contribution in [0.4, 0.5) is 0 Å². The van der Waals surface area contributed by atoms with E-state index in [2.05, 4.69) is 10.2 Å². The number of rotatable bonds is 6. The van der Waals surface area contributed by atoms with Crippen molar-refractivity contribution in [1.29, 1.82) is 0 Å². The molecule has 0 bridgehead atoms. The number of nitrogens with one attached hydrogen (secondary N) is 1. The number of piperidine rings is 2. The molecule has 26 heavy (non-hydrogen) atoms. The third-order valence-electron chi connectivity index (χ3n) is 5.89. The largest absolute Gasteiger partial charge is 0.379 e. The number of hydrogen-bond acceptors (Lipinski definition) is 6. The number of ether oxygens (including phenoxy) is 1. The Morgan fingerprint density at radius 1 is 1.38 bits per heavy atom. The Bertz CT molecular complexity index is 529. The quantitative estimate of drug-likeness (QED) is 0.559. The van der Waals surface area contributed by atoms with E-state index in [1.807, 2.05) is 18.7 Å². The SMILES string of the molecule is CC(C)OCCCN1C(N)C(C(N)=O)CC2C(=O)N3CCCCC3NC21. The zero-order valence-electron chi connectivity index (χ0n) is 15.9. The van der Waals surface area contributed by atoms with Crippen LogP contribution in [0, 0.1) is 11.8 Å². The van der Waals surface area contributed by atoms with Crippen LogP contribution >= 0.6 is 0 Å². The van der Waals surface area contributed by atoms with Gasteiger partial charge in [0.05, 0.1) is 36.4 Å². The average Bonchev–Trinajstić information content (AvgIpc) is 2.60. The third kappa shape index (κ3) is 3.88. The first kappa shape index (κ1) is 19.5. The molecule has 8 heteroatoms. The number of hydrogen-bond donors (Lipinski definition) is 3. The Labute approximate surface area is 155 Å². The molecule has 3 aliphatic heterocycles. The molecule has 3 fully saturated rings. The highest BCUT2D eigenvalue weighted by Crippen LogP contribution is 2.36. The van der Waals surface area contributed by atoms with Crippen molar-refractivity contribution in [3.05, 3.63) is 0 Å². The van der Waals surface area contributed by atoms with Crippen molar-refractivity contribution >= 4 is 11.8 Å². The minimum absolute atomic E-state index is 0.0734. The van der Waals surface area contributed by atoms with Gasteiger partial charge in [0.2, 0.25) is 11.8 Å². The van der Waals surface area contributed by atoms with E-state index in [1.165, 1.54) is 0 Å². The van der Waals surface area contributed by atoms with Crippen LogP contribution in [0.15, 0.2) is 0 Å². The van der Waals surface area contributed by atoms with Gasteiger partial charge < -0.3 is 21.1 Å². The zero-order valence-corrected chi connectivity index (χ0v) is 15.9. The summed E-state index contributed by atoms with van der Waals surface area (Å²) in [5, 5.41) is 3.64. The molecule has 5 atom stereocenters. The summed E-state index contributed by atoms with van der Waals surface area (Å²) >= 11 is 0. The highest BCUT2D eigenvalue weighted by Gasteiger charge is 2.51. The lowest BCUT2D eigenvalue weighted by atomic mass is 9.80. The van der Waals surface area contributed by atoms with Crippen LogP contribution in [-0.2, 0) is 14.3 Å². The monoisotopic (exact) mass is 367 g/mol. The second-order valence-electron chi connectivity index (χ2n) is 8.01. The average molecular weight is 367 g/mol. The second kappa shape index (κ2) is 8.21. The maximum absolute atomic E-state index is 13.1. The minimum atomic E-state index is -0.505. The lowest BCUT2D eigenvalue weighted by molar-refractivity contribution is -0.162. The van der Waals surface area contributed by atoms with Crippen molar-refractivity contribution in [2.75, 3.05) is 19.7 Å². The van der Waals surface area contributed by atoms with Gasteiger partial charge in [0.15, 0.2) is 0 Å². The molecule has 3 rings (SSSR count). The van der Waals surface area contributed by atoms with E-state index in [0.717, 1.165) is 32.2 Å². The molecular weight excluding hydrogens is 334 g/mol. The number of carbonyl (C=O) groups excluding carboxylic acids is 2. The van der Waals surface area contributed by atoms with Crippen molar-refractivity contribution < 1.29 is 14.3 Å². The topological polar surface area (TPSA) is 114 Å². The first-order chi connectivity index (χ1) is 12.4. The molecular formula is C18H33N5O3. The third-order valence-corrected chi connectivity index (χ3v) is 5.89. The fourth-order valence-corrected chi connectivity index (χ4v) is 4.55. The van der Waals surface area contributed by atoms with Crippen LogP contribution in [0.25, 0.3) is 0 Å². The zero-order chi connectivity index (χ0) is 18.8. The van der Waals surface area contributed by atoms with Crippen LogP contribution < -0.4 is 16.8 Å². The maximum atomic E-state index is 13.1. The number of likely N-dealkylation sites (tertiary alicyclic amines) is 1. The van der Waals surface area contributed by atoms with Gasteiger partial charge in [-0.05, 0) is 46.0 Å². The molecule has 0 aromatic carbocycles. The maximum Gasteiger partial charge on any atom is 0.229 e. The van der Waals surface area contributed by atoms with Crippen LogP contribution in [-0.4, -0.2) is 65.9 Å². The van der Waals surface area contributed by atoms with Gasteiger partial charge in [-0.2, -0.15) is 0 Å². The Kier molecular flexibility index (Phi) is 6.17. The summed E-state index contributed by atoms with van der Waals surface area (Å²) in [5.74, 6) is -1.06. The summed E-state index contributed by atoms with van der Waals surface area (Å²) in [5.41, 5.74) is 12.0. The van der Waals surface area contributed by atoms with Gasteiger partial charge in [-0.1, -0.05) is 0 Å². The summed E-state index contributed by atoms with van der Waals surface area (Å²) in [6, 6.07) is 0. The molecule has 0 radical (unpaired) electrons. The van der Waals surface area contributed by atoms with Crippen LogP contribution in [0.5, 0.6) is 0 Å². The molecule has 0 saturated carbocycles. The number of nitrogens with two attached hydrogens (primary N) is 2. The molecule has 8 nitrogen and oxygen atoms in total. The normalized spacial score (nSPS) is 35.3. The van der Waals surface area contributed by atoms with E-state index in [4.69, 9.17) is 16.2 Å². The molecule has 0 aliphatic carbocycles. The van der Waals surface area contributed by atoms with Gasteiger partial charge in [-0.15, -0.1) is 0 Å². The molecule has 2 amide bonds. The highest BCUT2D eigenvalue weighted by atomic mass is 16.5. The van der Waals surface area contributed by atoms with Crippen LogP contribution in [0.1, 0.15) is 46.0 Å². The Morgan fingerprint density at radius 2 is 2.15 bits per heavy atom. The van der Waals surface area contributed by atoms with Gasteiger partial charge >= 0.3 is 0 Å². The molecule has 3 heterocycles. The lowest BCUT2D eigenvalue weighted by Gasteiger charge is -2.55. The summed E-state index contributed by atoms with van der Waals surface area (Å²) in [4.78, 5) is 29.0. The van der Waals surface area contributed by atoms with Gasteiger partial charge in [-0.3, -0.25) is 19.8 Å². The van der Waals surface area contributed by atoms with E-state index in [0.29, 0.717) is 19.6 Å². The lowest BCUT2D eigenvalue weighted by Crippen LogP contribution is -2.74. The first-order valence-corrected chi connectivity index (χ1v) is 9.89. The van der Waals surface area contributed by atoms with Crippen LogP contribution in [0.2, 0.25) is 0 Å². The number of fused-ring (bicyclic) bond motifs is 2. The summed E-state index contributed by atoms with van der Waals surface area (Å²) in [6.07, 6.45) is 4.00. The molecule has 5 unspecified atom stereocenters. The Hall–Kier alpha value is -1.22. The van der Waals surface area contributed by atoms with Crippen molar-refractivity contribution in [3.63, 3.8) is 0 Å². The molecule has 0 aromatic rings. The van der Waals surface area contributed by atoms with E-state index < -0.39 is 18.0 Å². The molecule has 0 aromatic heterocycles. The molecule has 5 N–H and O–H groups in total. The predicted octanol–water partition coefficient (Wildman–Crippen LogP) is -0.222. The van der Waals surface area contributed by atoms with Gasteiger partial charge in [0.25, 0.3) is 0 Å². The molecule has 0 spiro atoms. The van der Waals surface area contributed by atoms with Crippen molar-refractivity contribution in [2.45, 2.75) is 70.6 Å². The molecule has 3 aliphatic rings. The minimum Gasteiger partial charge on any atom is -0.379 e.